The van der Waals surface area contributed by atoms with Gasteiger partial charge in [-0.3, -0.25) is 14.6 Å². The summed E-state index contributed by atoms with van der Waals surface area (Å²) in [6.45, 7) is 6.20. The Balaban J connectivity index is 1.00. The lowest BCUT2D eigenvalue weighted by Crippen LogP contribution is -2.63. The summed E-state index contributed by atoms with van der Waals surface area (Å²) in [7, 11) is 0. The number of rotatable bonds is 6. The normalized spacial score (nSPS) is 32.1. The molecule has 2 aromatic rings. The van der Waals surface area contributed by atoms with Gasteiger partial charge in [-0.15, -0.1) is 0 Å². The molecule has 4 bridgehead atoms. The zero-order valence-electron chi connectivity index (χ0n) is 19.9. The highest BCUT2D eigenvalue weighted by Gasteiger charge is 2.51. The molecule has 4 saturated carbocycles. The highest BCUT2D eigenvalue weighted by atomic mass is 35.5. The fourth-order valence-corrected chi connectivity index (χ4v) is 7.46. The van der Waals surface area contributed by atoms with Crippen molar-refractivity contribution in [3.05, 3.63) is 35.2 Å². The van der Waals surface area contributed by atoms with E-state index in [9.17, 15) is 4.79 Å². The van der Waals surface area contributed by atoms with Gasteiger partial charge in [0.2, 0.25) is 17.6 Å². The van der Waals surface area contributed by atoms with Crippen molar-refractivity contribution in [1.82, 2.24) is 25.3 Å². The molecule has 8 heteroatoms. The summed E-state index contributed by atoms with van der Waals surface area (Å²) in [5.41, 5.74) is 0.977. The summed E-state index contributed by atoms with van der Waals surface area (Å²) >= 11 is 5.97. The highest BCUT2D eigenvalue weighted by molar-refractivity contribution is 6.30. The summed E-state index contributed by atoms with van der Waals surface area (Å²) < 4.78 is 5.49. The predicted octanol–water partition coefficient (Wildman–Crippen LogP) is 3.98. The van der Waals surface area contributed by atoms with Crippen LogP contribution >= 0.6 is 11.6 Å². The maximum Gasteiger partial charge on any atom is 0.241 e. The van der Waals surface area contributed by atoms with E-state index in [0.717, 1.165) is 49.5 Å². The summed E-state index contributed by atoms with van der Waals surface area (Å²) in [4.78, 5) is 22.4. The number of nitrogens with zero attached hydrogens (tertiary/aromatic N) is 4. The van der Waals surface area contributed by atoms with Crippen molar-refractivity contribution in [1.29, 1.82) is 0 Å². The summed E-state index contributed by atoms with van der Waals surface area (Å²) in [5.74, 6) is 3.95. The van der Waals surface area contributed by atoms with Crippen molar-refractivity contribution in [2.45, 2.75) is 63.6 Å². The molecule has 1 saturated heterocycles. The van der Waals surface area contributed by atoms with Gasteiger partial charge in [0.1, 0.15) is 0 Å². The van der Waals surface area contributed by atoms with Crippen LogP contribution in [-0.2, 0) is 11.3 Å². The minimum atomic E-state index is -0.0879. The Kier molecular flexibility index (Phi) is 5.90. The maximum atomic E-state index is 13.3. The van der Waals surface area contributed by atoms with E-state index < -0.39 is 0 Å². The van der Waals surface area contributed by atoms with E-state index in [1.165, 1.54) is 38.5 Å². The third-order valence-electron chi connectivity index (χ3n) is 8.69. The van der Waals surface area contributed by atoms with Crippen LogP contribution in [0.5, 0.6) is 0 Å². The molecule has 7 nitrogen and oxygen atoms in total. The third kappa shape index (κ3) is 4.50. The quantitative estimate of drug-likeness (QED) is 0.669. The molecule has 4 aliphatic carbocycles. The molecule has 5 fully saturated rings. The van der Waals surface area contributed by atoms with Crippen molar-refractivity contribution in [2.75, 3.05) is 26.2 Å². The van der Waals surface area contributed by atoms with Gasteiger partial charge in [-0.05, 0) is 87.5 Å². The zero-order chi connectivity index (χ0) is 23.3. The molecule has 1 aliphatic heterocycles. The molecule has 182 valence electrons. The molecule has 1 atom stereocenters. The second-order valence-corrected chi connectivity index (χ2v) is 11.6. The molecule has 0 radical (unpaired) electrons. The minimum absolute atomic E-state index is 0.0850. The van der Waals surface area contributed by atoms with Crippen molar-refractivity contribution in [3.8, 4) is 11.4 Å². The zero-order valence-corrected chi connectivity index (χ0v) is 20.6. The average Bonchev–Trinajstić information content (AvgIpc) is 3.27. The molecule has 5 aliphatic rings. The molecule has 7 rings (SSSR count). The van der Waals surface area contributed by atoms with Gasteiger partial charge < -0.3 is 9.84 Å². The smallest absolute Gasteiger partial charge is 0.241 e. The largest absolute Gasteiger partial charge is 0.349 e. The Morgan fingerprint density at radius 3 is 2.32 bits per heavy atom. The van der Waals surface area contributed by atoms with Gasteiger partial charge in [0, 0.05) is 42.3 Å². The molecule has 2 heterocycles. The fourth-order valence-electron chi connectivity index (χ4n) is 7.33. The SMILES string of the molecule is C[C@H](C(=O)NC12CC3CC(CC(C3)C1)C2)N1CCN(Cc2nc(-c3ccc(Cl)cc3)no2)CC1. The van der Waals surface area contributed by atoms with Crippen LogP contribution in [-0.4, -0.2) is 63.6 Å². The molecule has 34 heavy (non-hydrogen) atoms. The van der Waals surface area contributed by atoms with E-state index in [0.29, 0.717) is 23.3 Å². The van der Waals surface area contributed by atoms with Gasteiger partial charge in [0.25, 0.3) is 0 Å². The lowest BCUT2D eigenvalue weighted by molar-refractivity contribution is -0.132. The first-order chi connectivity index (χ1) is 16.4. The third-order valence-corrected chi connectivity index (χ3v) is 8.94. The average molecular weight is 484 g/mol. The van der Waals surface area contributed by atoms with Gasteiger partial charge in [-0.2, -0.15) is 4.98 Å². The van der Waals surface area contributed by atoms with E-state index in [1.54, 1.807) is 0 Å². The van der Waals surface area contributed by atoms with E-state index >= 15 is 0 Å². The molecule has 0 spiro atoms. The molecule has 1 N–H and O–H groups in total. The number of halogens is 1. The van der Waals surface area contributed by atoms with E-state index in [2.05, 4.69) is 32.2 Å². The van der Waals surface area contributed by atoms with Gasteiger partial charge >= 0.3 is 0 Å². The number of benzene rings is 1. The lowest BCUT2D eigenvalue weighted by Gasteiger charge is -2.57. The van der Waals surface area contributed by atoms with Crippen LogP contribution in [0, 0.1) is 17.8 Å². The minimum Gasteiger partial charge on any atom is -0.349 e. The van der Waals surface area contributed by atoms with Crippen molar-refractivity contribution in [2.24, 2.45) is 17.8 Å². The molecular formula is C26H34ClN5O2. The van der Waals surface area contributed by atoms with Gasteiger partial charge in [-0.25, -0.2) is 0 Å². The molecule has 1 amide bonds. The van der Waals surface area contributed by atoms with Crippen LogP contribution in [0.25, 0.3) is 11.4 Å². The van der Waals surface area contributed by atoms with Crippen LogP contribution < -0.4 is 5.32 Å². The van der Waals surface area contributed by atoms with Crippen LogP contribution in [0.3, 0.4) is 0 Å². The molecule has 1 aromatic heterocycles. The highest BCUT2D eigenvalue weighted by Crippen LogP contribution is 2.55. The van der Waals surface area contributed by atoms with Gasteiger partial charge in [0.05, 0.1) is 12.6 Å². The Hall–Kier alpha value is -1.96. The Bertz CT molecular complexity index is 995. The van der Waals surface area contributed by atoms with Crippen LogP contribution in [0.4, 0.5) is 0 Å². The van der Waals surface area contributed by atoms with Crippen LogP contribution in [0.1, 0.15) is 51.3 Å². The number of hydrogen-bond donors (Lipinski definition) is 1. The Morgan fingerprint density at radius 2 is 1.71 bits per heavy atom. The number of amides is 1. The summed E-state index contributed by atoms with van der Waals surface area (Å²) in [6.07, 6.45) is 7.80. The van der Waals surface area contributed by atoms with Crippen LogP contribution in [0.2, 0.25) is 5.02 Å². The first-order valence-electron chi connectivity index (χ1n) is 12.8. The number of piperazine rings is 1. The monoisotopic (exact) mass is 483 g/mol. The standard InChI is InChI=1S/C26H34ClN5O2/c1-17(25(33)29-26-13-18-10-19(14-26)12-20(11-18)15-26)32-8-6-31(7-9-32)16-23-28-24(30-34-23)21-2-4-22(27)5-3-21/h2-5,17-20H,6-16H2,1H3,(H,29,33)/t17-,18?,19?,20?,26?/m1/s1. The first kappa shape index (κ1) is 22.5. The molecule has 1 aromatic carbocycles. The second-order valence-electron chi connectivity index (χ2n) is 11.2. The van der Waals surface area contributed by atoms with Gasteiger partial charge in [-0.1, -0.05) is 16.8 Å². The number of carbonyl (C=O) groups excluding carboxylic acids is 1. The predicted molar refractivity (Wildman–Crippen MR) is 130 cm³/mol. The van der Waals surface area contributed by atoms with Crippen molar-refractivity contribution < 1.29 is 9.32 Å². The topological polar surface area (TPSA) is 74.5 Å². The number of carbonyl (C=O) groups is 1. The van der Waals surface area contributed by atoms with E-state index in [1.807, 2.05) is 24.3 Å². The van der Waals surface area contributed by atoms with Crippen LogP contribution in [0.15, 0.2) is 28.8 Å². The molecule has 0 unspecified atom stereocenters. The Labute approximate surface area is 206 Å². The van der Waals surface area contributed by atoms with E-state index in [-0.39, 0.29) is 17.5 Å². The Morgan fingerprint density at radius 1 is 1.09 bits per heavy atom. The summed E-state index contributed by atoms with van der Waals surface area (Å²) in [5, 5.41) is 8.36. The maximum absolute atomic E-state index is 13.3. The first-order valence-corrected chi connectivity index (χ1v) is 13.2. The molecular weight excluding hydrogens is 450 g/mol. The summed E-state index contributed by atoms with van der Waals surface area (Å²) in [6, 6.07) is 7.35. The number of hydrogen-bond acceptors (Lipinski definition) is 6. The van der Waals surface area contributed by atoms with E-state index in [4.69, 9.17) is 16.1 Å². The fraction of sp³-hybridized carbons (Fsp3) is 0.654. The second kappa shape index (κ2) is 8.92. The van der Waals surface area contributed by atoms with Crippen molar-refractivity contribution in [3.63, 3.8) is 0 Å². The van der Waals surface area contributed by atoms with Gasteiger partial charge in [0.15, 0.2) is 0 Å². The number of nitrogens with one attached hydrogen (secondary N) is 1. The lowest BCUT2D eigenvalue weighted by atomic mass is 9.53. The number of aromatic nitrogens is 2. The van der Waals surface area contributed by atoms with Crippen molar-refractivity contribution >= 4 is 17.5 Å².